The molecule has 2 aromatic carbocycles. The molecule has 1 saturated heterocycles. The fourth-order valence-corrected chi connectivity index (χ4v) is 3.34. The summed E-state index contributed by atoms with van der Waals surface area (Å²) in [7, 11) is 1.59. The van der Waals surface area contributed by atoms with E-state index < -0.39 is 0 Å². The summed E-state index contributed by atoms with van der Waals surface area (Å²) >= 11 is 12.4. The van der Waals surface area contributed by atoms with Gasteiger partial charge in [-0.3, -0.25) is 4.79 Å². The number of morpholine rings is 1. The van der Waals surface area contributed by atoms with Gasteiger partial charge >= 0.3 is 0 Å². The number of carbonyl (C=O) groups excluding carboxylic acids is 1. The second-order valence-electron chi connectivity index (χ2n) is 5.87. The predicted molar refractivity (Wildman–Crippen MR) is 104 cm³/mol. The Hall–Kier alpha value is -1.95. The third-order valence-electron chi connectivity index (χ3n) is 4.26. The molecular weight excluding hydrogens is 375 g/mol. The minimum Gasteiger partial charge on any atom is -0.495 e. The molecule has 0 aliphatic carbocycles. The highest BCUT2D eigenvalue weighted by molar-refractivity contribution is 6.36. The minimum atomic E-state index is -0.0187. The van der Waals surface area contributed by atoms with Crippen LogP contribution < -0.4 is 10.1 Å². The topological polar surface area (TPSA) is 50.8 Å². The van der Waals surface area contributed by atoms with Crippen molar-refractivity contribution in [2.24, 2.45) is 0 Å². The number of methoxy groups -OCH3 is 1. The Morgan fingerprint density at radius 3 is 2.54 bits per heavy atom. The summed E-state index contributed by atoms with van der Waals surface area (Å²) in [5.41, 5.74) is 2.10. The average molecular weight is 395 g/mol. The molecule has 1 aliphatic heterocycles. The Morgan fingerprint density at radius 2 is 1.88 bits per heavy atom. The van der Waals surface area contributed by atoms with Crippen molar-refractivity contribution >= 4 is 34.8 Å². The predicted octanol–water partition coefficient (Wildman–Crippen LogP) is 4.09. The molecule has 0 atom stereocenters. The zero-order valence-electron chi connectivity index (χ0n) is 14.4. The van der Waals surface area contributed by atoms with Crippen LogP contribution in [0.1, 0.15) is 15.9 Å². The van der Waals surface area contributed by atoms with Gasteiger partial charge in [-0.1, -0.05) is 29.3 Å². The number of carbonyl (C=O) groups is 1. The van der Waals surface area contributed by atoms with E-state index in [-0.39, 0.29) is 5.91 Å². The van der Waals surface area contributed by atoms with Crippen LogP contribution in [-0.2, 0) is 11.3 Å². The Bertz CT molecular complexity index is 772. The standard InChI is InChI=1S/C19H20Cl2N2O3/c1-25-18-6-5-13(19(24)23-7-9-26-10-8-23)11-17(18)22-12-14-15(20)3-2-4-16(14)21/h2-6,11,22H,7-10,12H2,1H3. The number of nitrogens with one attached hydrogen (secondary N) is 1. The second kappa shape index (κ2) is 8.62. The maximum absolute atomic E-state index is 12.7. The highest BCUT2D eigenvalue weighted by Gasteiger charge is 2.19. The molecule has 1 heterocycles. The normalized spacial score (nSPS) is 14.2. The molecular formula is C19H20Cl2N2O3. The van der Waals surface area contributed by atoms with E-state index in [1.54, 1.807) is 48.4 Å². The molecule has 0 unspecified atom stereocenters. The highest BCUT2D eigenvalue weighted by atomic mass is 35.5. The lowest BCUT2D eigenvalue weighted by molar-refractivity contribution is 0.0303. The molecule has 0 radical (unpaired) electrons. The number of hydrogen-bond donors (Lipinski definition) is 1. The minimum absolute atomic E-state index is 0.0187. The van der Waals surface area contributed by atoms with Gasteiger partial charge in [0.15, 0.2) is 0 Å². The van der Waals surface area contributed by atoms with Crippen LogP contribution in [-0.4, -0.2) is 44.2 Å². The summed E-state index contributed by atoms with van der Waals surface area (Å²) in [6.45, 7) is 2.76. The van der Waals surface area contributed by atoms with Crippen LogP contribution >= 0.6 is 23.2 Å². The Morgan fingerprint density at radius 1 is 1.19 bits per heavy atom. The van der Waals surface area contributed by atoms with E-state index in [1.165, 1.54) is 0 Å². The van der Waals surface area contributed by atoms with E-state index >= 15 is 0 Å². The van der Waals surface area contributed by atoms with Crippen LogP contribution in [0.15, 0.2) is 36.4 Å². The monoisotopic (exact) mass is 394 g/mol. The van der Waals surface area contributed by atoms with Gasteiger partial charge in [0, 0.05) is 40.8 Å². The van der Waals surface area contributed by atoms with E-state index in [0.29, 0.717) is 59.9 Å². The summed E-state index contributed by atoms with van der Waals surface area (Å²) in [6.07, 6.45) is 0. The number of hydrogen-bond acceptors (Lipinski definition) is 4. The van der Waals surface area contributed by atoms with Crippen LogP contribution in [0.4, 0.5) is 5.69 Å². The van der Waals surface area contributed by atoms with Gasteiger partial charge in [0.05, 0.1) is 26.0 Å². The van der Waals surface area contributed by atoms with Gasteiger partial charge in [-0.25, -0.2) is 0 Å². The first-order valence-corrected chi connectivity index (χ1v) is 9.07. The number of amides is 1. The molecule has 3 rings (SSSR count). The number of benzene rings is 2. The van der Waals surface area contributed by atoms with Gasteiger partial charge in [-0.2, -0.15) is 0 Å². The number of nitrogens with zero attached hydrogens (tertiary/aromatic N) is 1. The molecule has 0 aromatic heterocycles. The van der Waals surface area contributed by atoms with Gasteiger partial charge in [0.2, 0.25) is 0 Å². The van der Waals surface area contributed by atoms with Crippen LogP contribution in [0.25, 0.3) is 0 Å². The SMILES string of the molecule is COc1ccc(C(=O)N2CCOCC2)cc1NCc1c(Cl)cccc1Cl. The summed E-state index contributed by atoms with van der Waals surface area (Å²) < 4.78 is 10.7. The summed E-state index contributed by atoms with van der Waals surface area (Å²) in [5.74, 6) is 0.626. The van der Waals surface area contributed by atoms with Gasteiger partial charge in [-0.15, -0.1) is 0 Å². The van der Waals surface area contributed by atoms with E-state index in [9.17, 15) is 4.79 Å². The quantitative estimate of drug-likeness (QED) is 0.829. The van der Waals surface area contributed by atoms with Crippen molar-refractivity contribution in [3.63, 3.8) is 0 Å². The van der Waals surface area contributed by atoms with Crippen molar-refractivity contribution in [3.05, 3.63) is 57.6 Å². The number of halogens is 2. The van der Waals surface area contributed by atoms with E-state index in [2.05, 4.69) is 5.32 Å². The number of ether oxygens (including phenoxy) is 2. The lowest BCUT2D eigenvalue weighted by Crippen LogP contribution is -2.40. The van der Waals surface area contributed by atoms with Crippen molar-refractivity contribution in [2.75, 3.05) is 38.7 Å². The first kappa shape index (κ1) is 18.8. The zero-order chi connectivity index (χ0) is 18.5. The fraction of sp³-hybridized carbons (Fsp3) is 0.316. The first-order chi connectivity index (χ1) is 12.6. The van der Waals surface area contributed by atoms with E-state index in [0.717, 1.165) is 5.56 Å². The molecule has 1 amide bonds. The maximum Gasteiger partial charge on any atom is 0.254 e. The molecule has 0 saturated carbocycles. The highest BCUT2D eigenvalue weighted by Crippen LogP contribution is 2.29. The molecule has 1 aliphatic rings. The molecule has 138 valence electrons. The summed E-state index contributed by atoms with van der Waals surface area (Å²) in [4.78, 5) is 14.5. The molecule has 26 heavy (non-hydrogen) atoms. The lowest BCUT2D eigenvalue weighted by atomic mass is 10.1. The van der Waals surface area contributed by atoms with Gasteiger partial charge < -0.3 is 19.7 Å². The lowest BCUT2D eigenvalue weighted by Gasteiger charge is -2.27. The van der Waals surface area contributed by atoms with Crippen LogP contribution in [0, 0.1) is 0 Å². The molecule has 7 heteroatoms. The molecule has 2 aromatic rings. The van der Waals surface area contributed by atoms with Gasteiger partial charge in [0.25, 0.3) is 5.91 Å². The number of anilines is 1. The Labute approximate surface area is 162 Å². The summed E-state index contributed by atoms with van der Waals surface area (Å²) in [6, 6.07) is 10.7. The van der Waals surface area contributed by atoms with Crippen molar-refractivity contribution in [2.45, 2.75) is 6.54 Å². The van der Waals surface area contributed by atoms with Crippen molar-refractivity contribution in [3.8, 4) is 5.75 Å². The molecule has 1 N–H and O–H groups in total. The molecule has 1 fully saturated rings. The van der Waals surface area contributed by atoms with Crippen LogP contribution in [0.5, 0.6) is 5.75 Å². The second-order valence-corrected chi connectivity index (χ2v) is 6.69. The average Bonchev–Trinajstić information content (AvgIpc) is 2.67. The van der Waals surface area contributed by atoms with Crippen molar-refractivity contribution in [1.29, 1.82) is 0 Å². The fourth-order valence-electron chi connectivity index (χ4n) is 2.81. The third-order valence-corrected chi connectivity index (χ3v) is 4.97. The van der Waals surface area contributed by atoms with Crippen molar-refractivity contribution < 1.29 is 14.3 Å². The largest absolute Gasteiger partial charge is 0.495 e. The summed E-state index contributed by atoms with van der Waals surface area (Å²) in [5, 5.41) is 4.45. The third kappa shape index (κ3) is 4.23. The van der Waals surface area contributed by atoms with E-state index in [1.807, 2.05) is 0 Å². The van der Waals surface area contributed by atoms with Crippen LogP contribution in [0.3, 0.4) is 0 Å². The Kier molecular flexibility index (Phi) is 6.25. The van der Waals surface area contributed by atoms with Crippen molar-refractivity contribution in [1.82, 2.24) is 4.90 Å². The first-order valence-electron chi connectivity index (χ1n) is 8.32. The number of rotatable bonds is 5. The zero-order valence-corrected chi connectivity index (χ0v) is 15.9. The Balaban J connectivity index is 1.80. The molecule has 5 nitrogen and oxygen atoms in total. The van der Waals surface area contributed by atoms with E-state index in [4.69, 9.17) is 32.7 Å². The van der Waals surface area contributed by atoms with Gasteiger partial charge in [-0.05, 0) is 30.3 Å². The maximum atomic E-state index is 12.7. The van der Waals surface area contributed by atoms with Gasteiger partial charge in [0.1, 0.15) is 5.75 Å². The van der Waals surface area contributed by atoms with Crippen LogP contribution in [0.2, 0.25) is 10.0 Å². The molecule has 0 bridgehead atoms. The molecule has 0 spiro atoms. The smallest absolute Gasteiger partial charge is 0.254 e.